The number of aliphatic hydroxyl groups is 1. The lowest BCUT2D eigenvalue weighted by atomic mass is 9.46. The second-order valence-corrected chi connectivity index (χ2v) is 12.3. The van der Waals surface area contributed by atoms with E-state index in [4.69, 9.17) is 14.3 Å². The molecular weight excluding hydrogens is 534 g/mol. The molecule has 2 N–H and O–H groups in total. The van der Waals surface area contributed by atoms with E-state index >= 15 is 8.78 Å². The lowest BCUT2D eigenvalue weighted by Crippen LogP contribution is -2.70. The average Bonchev–Trinajstić information content (AvgIpc) is 3.39. The number of aliphatic carboxylic acids is 1. The third-order valence-electron chi connectivity index (χ3n) is 8.54. The third kappa shape index (κ3) is 5.23. The van der Waals surface area contributed by atoms with Crippen molar-refractivity contribution in [2.75, 3.05) is 5.75 Å². The highest BCUT2D eigenvalue weighted by Gasteiger charge is 2.71. The van der Waals surface area contributed by atoms with Crippen LogP contribution in [0.5, 0.6) is 0 Å². The number of alkyl halides is 2. The van der Waals surface area contributed by atoms with Gasteiger partial charge in [0.15, 0.2) is 16.6 Å². The van der Waals surface area contributed by atoms with E-state index in [0.29, 0.717) is 11.8 Å². The molecule has 212 valence electrons. The quantitative estimate of drug-likeness (QED) is 0.438. The van der Waals surface area contributed by atoms with Crippen LogP contribution in [0.3, 0.4) is 0 Å². The number of thioether (sulfide) groups is 1. The van der Waals surface area contributed by atoms with Crippen molar-refractivity contribution in [1.29, 1.82) is 0 Å². The summed E-state index contributed by atoms with van der Waals surface area (Å²) in [5.41, 5.74) is -5.51. The molecule has 11 heteroatoms. The van der Waals surface area contributed by atoms with Crippen LogP contribution in [0, 0.1) is 23.2 Å². The predicted molar refractivity (Wildman–Crippen MR) is 137 cm³/mol. The Morgan fingerprint density at radius 3 is 2.67 bits per heavy atom. The van der Waals surface area contributed by atoms with E-state index in [1.807, 2.05) is 0 Å². The zero-order valence-corrected chi connectivity index (χ0v) is 22.7. The minimum Gasteiger partial charge on any atom is -0.481 e. The molecular formula is C28H32F2O8S. The molecule has 0 saturated heterocycles. The van der Waals surface area contributed by atoms with Crippen LogP contribution in [0.25, 0.3) is 0 Å². The van der Waals surface area contributed by atoms with Crippen molar-refractivity contribution < 1.29 is 47.3 Å². The number of furan rings is 1. The molecule has 8 nitrogen and oxygen atoms in total. The zero-order chi connectivity index (χ0) is 28.8. The summed E-state index contributed by atoms with van der Waals surface area (Å²) in [7, 11) is 0. The molecule has 1 aromatic rings. The van der Waals surface area contributed by atoms with Gasteiger partial charge in [-0.15, -0.1) is 0 Å². The van der Waals surface area contributed by atoms with Gasteiger partial charge in [0.1, 0.15) is 11.8 Å². The highest BCUT2D eigenvalue weighted by atomic mass is 32.2. The number of carbonyl (C=O) groups excluding carboxylic acids is 3. The Labute approximate surface area is 228 Å². The van der Waals surface area contributed by atoms with Crippen LogP contribution in [0.4, 0.5) is 8.78 Å². The summed E-state index contributed by atoms with van der Waals surface area (Å²) >= 11 is 0.662. The lowest BCUT2D eigenvalue weighted by Gasteiger charge is -2.62. The smallest absolute Gasteiger partial charge is 0.374 e. The van der Waals surface area contributed by atoms with Crippen molar-refractivity contribution in [3.63, 3.8) is 0 Å². The van der Waals surface area contributed by atoms with Gasteiger partial charge in [0.2, 0.25) is 5.76 Å². The number of carbonyl (C=O) groups is 4. The Morgan fingerprint density at radius 2 is 2.03 bits per heavy atom. The van der Waals surface area contributed by atoms with Crippen molar-refractivity contribution in [3.05, 3.63) is 48.0 Å². The molecule has 0 bridgehead atoms. The molecule has 0 amide bonds. The van der Waals surface area contributed by atoms with Crippen LogP contribution in [0.2, 0.25) is 0 Å². The van der Waals surface area contributed by atoms with Gasteiger partial charge in [-0.05, 0) is 62.5 Å². The monoisotopic (exact) mass is 566 g/mol. The topological polar surface area (TPSA) is 131 Å². The largest absolute Gasteiger partial charge is 0.481 e. The standard InChI is InChI=1S/C28H32F2O8S/c1-15(10-24(35)39-14-23(33)34)9-17-18-12-20(29)19-11-16(31)6-7-26(19,2)28(18,30)22(32)13-27(17,3)38-25(36)21-5-4-8-37-21/h4-8,11,15,17-18,20,22,32H,9-10,12-14H2,1-3H3,(H,33,34)/t15-,17?,18?,20+,22+,26+,27+,28+/m1/s1. The SMILES string of the molecule is C[C@@H](CC(=O)SCC(=O)O)CC1C2C[C@H](F)C3=CC(=O)C=C[C@]3(C)[C@@]2(F)[C@@H](O)C[C@]1(C)OC(=O)c1ccco1. The molecule has 8 atom stereocenters. The number of hydrogen-bond donors (Lipinski definition) is 2. The first-order chi connectivity index (χ1) is 18.2. The normalized spacial score (nSPS) is 36.4. The number of ketones is 1. The van der Waals surface area contributed by atoms with Gasteiger partial charge in [0, 0.05) is 30.1 Å². The number of allylic oxidation sites excluding steroid dienone is 4. The van der Waals surface area contributed by atoms with E-state index in [1.165, 1.54) is 37.5 Å². The summed E-state index contributed by atoms with van der Waals surface area (Å²) in [4.78, 5) is 48.2. The van der Waals surface area contributed by atoms with Crippen molar-refractivity contribution >= 4 is 34.6 Å². The molecule has 0 radical (unpaired) electrons. The summed E-state index contributed by atoms with van der Waals surface area (Å²) in [5, 5.41) is 19.9. The molecule has 3 aliphatic rings. The van der Waals surface area contributed by atoms with Gasteiger partial charge < -0.3 is 19.4 Å². The minimum atomic E-state index is -2.40. The molecule has 1 heterocycles. The Hall–Kier alpha value is -2.79. The van der Waals surface area contributed by atoms with Gasteiger partial charge in [-0.25, -0.2) is 13.6 Å². The maximum atomic E-state index is 17.4. The number of carboxylic acid groups (broad SMARTS) is 1. The number of halogens is 2. The molecule has 2 fully saturated rings. The molecule has 0 aromatic carbocycles. The molecule has 1 aromatic heterocycles. The Bertz CT molecular complexity index is 1210. The number of aliphatic hydroxyl groups excluding tert-OH is 1. The van der Waals surface area contributed by atoms with E-state index in [-0.39, 0.29) is 42.1 Å². The fraction of sp³-hybridized carbons (Fsp3) is 0.571. The van der Waals surface area contributed by atoms with E-state index in [0.717, 1.165) is 6.08 Å². The van der Waals surface area contributed by atoms with Crippen molar-refractivity contribution in [3.8, 4) is 0 Å². The van der Waals surface area contributed by atoms with E-state index in [2.05, 4.69) is 0 Å². The Balaban J connectivity index is 1.71. The van der Waals surface area contributed by atoms with Gasteiger partial charge in [0.25, 0.3) is 0 Å². The van der Waals surface area contributed by atoms with Gasteiger partial charge in [-0.3, -0.25) is 14.4 Å². The third-order valence-corrected chi connectivity index (χ3v) is 9.42. The van der Waals surface area contributed by atoms with E-state index in [9.17, 15) is 24.3 Å². The number of carboxylic acids is 1. The van der Waals surface area contributed by atoms with Gasteiger partial charge >= 0.3 is 11.9 Å². The Kier molecular flexibility index (Phi) is 7.97. The number of rotatable bonds is 8. The molecule has 0 spiro atoms. The van der Waals surface area contributed by atoms with Crippen LogP contribution in [0.1, 0.15) is 57.0 Å². The summed E-state index contributed by atoms with van der Waals surface area (Å²) in [6.45, 7) is 4.77. The minimum absolute atomic E-state index is 0.0267. The fourth-order valence-electron chi connectivity index (χ4n) is 6.72. The first kappa shape index (κ1) is 29.2. The van der Waals surface area contributed by atoms with Gasteiger partial charge in [0.05, 0.1) is 18.1 Å². The fourth-order valence-corrected chi connectivity index (χ4v) is 7.40. The summed E-state index contributed by atoms with van der Waals surface area (Å²) in [6.07, 6.45) is 0.960. The lowest BCUT2D eigenvalue weighted by molar-refractivity contribution is -0.226. The van der Waals surface area contributed by atoms with Crippen LogP contribution in [-0.4, -0.2) is 62.3 Å². The van der Waals surface area contributed by atoms with Crippen LogP contribution in [-0.2, 0) is 19.1 Å². The number of fused-ring (bicyclic) bond motifs is 3. The van der Waals surface area contributed by atoms with E-state index < -0.39 is 70.2 Å². The van der Waals surface area contributed by atoms with Crippen LogP contribution >= 0.6 is 11.8 Å². The second kappa shape index (κ2) is 10.6. The maximum absolute atomic E-state index is 17.4. The Morgan fingerprint density at radius 1 is 1.31 bits per heavy atom. The molecule has 39 heavy (non-hydrogen) atoms. The van der Waals surface area contributed by atoms with Gasteiger partial charge in [-0.2, -0.15) is 0 Å². The van der Waals surface area contributed by atoms with E-state index in [1.54, 1.807) is 13.8 Å². The first-order valence-corrected chi connectivity index (χ1v) is 13.8. The zero-order valence-electron chi connectivity index (χ0n) is 21.9. The summed E-state index contributed by atoms with van der Waals surface area (Å²) in [5.74, 6) is -5.28. The second-order valence-electron chi connectivity index (χ2n) is 11.2. The predicted octanol–water partition coefficient (Wildman–Crippen LogP) is 4.47. The molecule has 4 rings (SSSR count). The van der Waals surface area contributed by atoms with Crippen LogP contribution < -0.4 is 0 Å². The number of hydrogen-bond acceptors (Lipinski definition) is 8. The number of esters is 1. The highest BCUT2D eigenvalue weighted by molar-refractivity contribution is 8.14. The number of ether oxygens (including phenoxy) is 1. The highest BCUT2D eigenvalue weighted by Crippen LogP contribution is 2.64. The average molecular weight is 567 g/mol. The van der Waals surface area contributed by atoms with Crippen molar-refractivity contribution in [2.45, 2.75) is 70.0 Å². The molecule has 3 aliphatic carbocycles. The summed E-state index contributed by atoms with van der Waals surface area (Å²) < 4.78 is 44.2. The van der Waals surface area contributed by atoms with Crippen LogP contribution in [0.15, 0.2) is 46.6 Å². The molecule has 2 saturated carbocycles. The van der Waals surface area contributed by atoms with Crippen molar-refractivity contribution in [2.24, 2.45) is 23.2 Å². The summed E-state index contributed by atoms with van der Waals surface area (Å²) in [6, 6.07) is 2.90. The molecule has 0 aliphatic heterocycles. The maximum Gasteiger partial charge on any atom is 0.374 e. The molecule has 2 unspecified atom stereocenters. The first-order valence-electron chi connectivity index (χ1n) is 12.8. The van der Waals surface area contributed by atoms with Gasteiger partial charge in [-0.1, -0.05) is 24.8 Å². The van der Waals surface area contributed by atoms with Crippen molar-refractivity contribution in [1.82, 2.24) is 0 Å².